The van der Waals surface area contributed by atoms with Crippen LogP contribution in [-0.4, -0.2) is 25.7 Å². The second-order valence-electron chi connectivity index (χ2n) is 6.60. The smallest absolute Gasteiger partial charge is 0.337 e. The number of esters is 1. The Hall–Kier alpha value is -3.00. The molecule has 7 nitrogen and oxygen atoms in total. The third kappa shape index (κ3) is 4.76. The molecule has 0 saturated carbocycles. The second kappa shape index (κ2) is 9.67. The zero-order valence-corrected chi connectivity index (χ0v) is 18.5. The fraction of sp³-hybridized carbons (Fsp3) is 0.273. The molecule has 2 amide bonds. The quantitative estimate of drug-likeness (QED) is 0.586. The van der Waals surface area contributed by atoms with Gasteiger partial charge in [0, 0.05) is 5.70 Å². The SMILES string of the molecule is CCOc1cc(C2NC(=O)NC(C)=C2C(=O)OC)cc(Br)c1OCc1ccccc1. The highest BCUT2D eigenvalue weighted by Gasteiger charge is 2.33. The number of rotatable bonds is 7. The molecule has 2 aromatic rings. The minimum atomic E-state index is -0.690. The average molecular weight is 475 g/mol. The van der Waals surface area contributed by atoms with Gasteiger partial charge in [0.05, 0.1) is 29.8 Å². The molecule has 1 aliphatic rings. The van der Waals surface area contributed by atoms with Crippen LogP contribution in [0, 0.1) is 0 Å². The van der Waals surface area contributed by atoms with E-state index < -0.39 is 18.0 Å². The molecule has 1 heterocycles. The summed E-state index contributed by atoms with van der Waals surface area (Å²) in [6.07, 6.45) is 0. The standard InChI is InChI=1S/C22H23BrN2O5/c1-4-29-17-11-15(19-18(21(26)28-3)13(2)24-22(27)25-19)10-16(23)20(17)30-12-14-8-6-5-7-9-14/h5-11,19H,4,12H2,1-3H3,(H2,24,25,27). The Morgan fingerprint density at radius 2 is 1.90 bits per heavy atom. The number of halogens is 1. The molecular weight excluding hydrogens is 452 g/mol. The predicted octanol–water partition coefficient (Wildman–Crippen LogP) is 4.23. The van der Waals surface area contributed by atoms with Crippen LogP contribution in [0.1, 0.15) is 31.0 Å². The van der Waals surface area contributed by atoms with Crippen molar-refractivity contribution < 1.29 is 23.8 Å². The summed E-state index contributed by atoms with van der Waals surface area (Å²) >= 11 is 3.55. The summed E-state index contributed by atoms with van der Waals surface area (Å²) in [5.74, 6) is 0.529. The Balaban J connectivity index is 1.98. The van der Waals surface area contributed by atoms with Gasteiger partial charge in [0.15, 0.2) is 11.5 Å². The first-order valence-electron chi connectivity index (χ1n) is 9.44. The first kappa shape index (κ1) is 21.7. The summed E-state index contributed by atoms with van der Waals surface area (Å²) in [5, 5.41) is 5.39. The lowest BCUT2D eigenvalue weighted by Crippen LogP contribution is -2.45. The monoisotopic (exact) mass is 474 g/mol. The molecule has 8 heteroatoms. The van der Waals surface area contributed by atoms with Crippen LogP contribution in [0.25, 0.3) is 0 Å². The van der Waals surface area contributed by atoms with Crippen LogP contribution in [0.4, 0.5) is 4.79 Å². The van der Waals surface area contributed by atoms with E-state index in [1.165, 1.54) is 7.11 Å². The van der Waals surface area contributed by atoms with Crippen LogP contribution in [0.2, 0.25) is 0 Å². The average Bonchev–Trinajstić information content (AvgIpc) is 2.73. The lowest BCUT2D eigenvalue weighted by molar-refractivity contribution is -0.136. The molecule has 1 unspecified atom stereocenters. The molecule has 0 fully saturated rings. The number of carbonyl (C=O) groups excluding carboxylic acids is 2. The van der Waals surface area contributed by atoms with E-state index >= 15 is 0 Å². The van der Waals surface area contributed by atoms with E-state index in [1.54, 1.807) is 19.1 Å². The maximum atomic E-state index is 12.4. The summed E-state index contributed by atoms with van der Waals surface area (Å²) in [6, 6.07) is 12.3. The minimum Gasteiger partial charge on any atom is -0.490 e. The number of hydrogen-bond acceptors (Lipinski definition) is 5. The first-order valence-corrected chi connectivity index (χ1v) is 10.2. The topological polar surface area (TPSA) is 85.9 Å². The molecule has 2 aromatic carbocycles. The lowest BCUT2D eigenvalue weighted by Gasteiger charge is -2.28. The Kier molecular flexibility index (Phi) is 6.99. The summed E-state index contributed by atoms with van der Waals surface area (Å²) in [5.41, 5.74) is 2.44. The van der Waals surface area contributed by atoms with Gasteiger partial charge in [-0.2, -0.15) is 0 Å². The second-order valence-corrected chi connectivity index (χ2v) is 7.45. The molecular formula is C22H23BrN2O5. The number of amides is 2. The summed E-state index contributed by atoms with van der Waals surface area (Å²) in [7, 11) is 1.30. The van der Waals surface area contributed by atoms with Gasteiger partial charge in [-0.25, -0.2) is 9.59 Å². The Morgan fingerprint density at radius 3 is 2.57 bits per heavy atom. The molecule has 30 heavy (non-hydrogen) atoms. The van der Waals surface area contributed by atoms with Gasteiger partial charge in [-0.05, 0) is 53.0 Å². The van der Waals surface area contributed by atoms with Gasteiger partial charge in [-0.1, -0.05) is 30.3 Å². The predicted molar refractivity (Wildman–Crippen MR) is 115 cm³/mol. The number of methoxy groups -OCH3 is 1. The van der Waals surface area contributed by atoms with Crippen LogP contribution < -0.4 is 20.1 Å². The molecule has 0 radical (unpaired) electrons. The van der Waals surface area contributed by atoms with Gasteiger partial charge in [0.25, 0.3) is 0 Å². The molecule has 0 saturated heterocycles. The van der Waals surface area contributed by atoms with Crippen LogP contribution in [0.15, 0.2) is 58.2 Å². The molecule has 1 aliphatic heterocycles. The van der Waals surface area contributed by atoms with Crippen molar-refractivity contribution in [1.29, 1.82) is 0 Å². The highest BCUT2D eigenvalue weighted by Crippen LogP contribution is 2.41. The third-order valence-electron chi connectivity index (χ3n) is 4.57. The fourth-order valence-corrected chi connectivity index (χ4v) is 3.79. The van der Waals surface area contributed by atoms with Gasteiger partial charge in [-0.15, -0.1) is 0 Å². The number of carbonyl (C=O) groups is 2. The van der Waals surface area contributed by atoms with E-state index in [4.69, 9.17) is 14.2 Å². The van der Waals surface area contributed by atoms with E-state index in [1.807, 2.05) is 37.3 Å². The summed E-state index contributed by atoms with van der Waals surface area (Å²) < 4.78 is 17.4. The zero-order valence-electron chi connectivity index (χ0n) is 17.0. The molecule has 0 aliphatic carbocycles. The van der Waals surface area contributed by atoms with Crippen molar-refractivity contribution in [3.05, 3.63) is 69.3 Å². The van der Waals surface area contributed by atoms with E-state index in [0.29, 0.717) is 46.0 Å². The van der Waals surface area contributed by atoms with Crippen LogP contribution in [0.3, 0.4) is 0 Å². The number of allylic oxidation sites excluding steroid dienone is 1. The number of urea groups is 1. The van der Waals surface area contributed by atoms with Crippen molar-refractivity contribution in [3.8, 4) is 11.5 Å². The highest BCUT2D eigenvalue weighted by molar-refractivity contribution is 9.10. The Bertz CT molecular complexity index is 975. The molecule has 158 valence electrons. The first-order chi connectivity index (χ1) is 14.4. The van der Waals surface area contributed by atoms with Crippen LogP contribution >= 0.6 is 15.9 Å². The molecule has 1 atom stereocenters. The van der Waals surface area contributed by atoms with Crippen molar-refractivity contribution in [2.45, 2.75) is 26.5 Å². The maximum absolute atomic E-state index is 12.4. The number of nitrogens with one attached hydrogen (secondary N) is 2. The van der Waals surface area contributed by atoms with Crippen molar-refractivity contribution in [2.24, 2.45) is 0 Å². The highest BCUT2D eigenvalue weighted by atomic mass is 79.9. The van der Waals surface area contributed by atoms with Crippen molar-refractivity contribution in [1.82, 2.24) is 10.6 Å². The van der Waals surface area contributed by atoms with Gasteiger partial charge in [0.1, 0.15) is 6.61 Å². The summed E-state index contributed by atoms with van der Waals surface area (Å²) in [6.45, 7) is 4.33. The zero-order chi connectivity index (χ0) is 21.7. The number of ether oxygens (including phenoxy) is 3. The normalized spacial score (nSPS) is 15.9. The number of benzene rings is 2. The van der Waals surface area contributed by atoms with E-state index in [0.717, 1.165) is 5.56 Å². The third-order valence-corrected chi connectivity index (χ3v) is 5.15. The lowest BCUT2D eigenvalue weighted by atomic mass is 9.95. The summed E-state index contributed by atoms with van der Waals surface area (Å²) in [4.78, 5) is 24.4. The molecule has 0 bridgehead atoms. The number of hydrogen-bond donors (Lipinski definition) is 2. The molecule has 0 aromatic heterocycles. The van der Waals surface area contributed by atoms with Gasteiger partial charge >= 0.3 is 12.0 Å². The maximum Gasteiger partial charge on any atom is 0.337 e. The molecule has 2 N–H and O–H groups in total. The van der Waals surface area contributed by atoms with Crippen molar-refractivity contribution in [3.63, 3.8) is 0 Å². The fourth-order valence-electron chi connectivity index (χ4n) is 3.21. The van der Waals surface area contributed by atoms with E-state index in [2.05, 4.69) is 26.6 Å². The van der Waals surface area contributed by atoms with Crippen LogP contribution in [0.5, 0.6) is 11.5 Å². The minimum absolute atomic E-state index is 0.324. The Labute approximate surface area is 183 Å². The van der Waals surface area contributed by atoms with Crippen molar-refractivity contribution in [2.75, 3.05) is 13.7 Å². The molecule has 0 spiro atoms. The van der Waals surface area contributed by atoms with Crippen molar-refractivity contribution >= 4 is 27.9 Å². The van der Waals surface area contributed by atoms with Gasteiger partial charge in [-0.3, -0.25) is 0 Å². The molecule has 3 rings (SSSR count). The van der Waals surface area contributed by atoms with Gasteiger partial charge < -0.3 is 24.8 Å². The largest absolute Gasteiger partial charge is 0.490 e. The Morgan fingerprint density at radius 1 is 1.17 bits per heavy atom. The van der Waals surface area contributed by atoms with Gasteiger partial charge in [0.2, 0.25) is 0 Å². The van der Waals surface area contributed by atoms with E-state index in [9.17, 15) is 9.59 Å². The van der Waals surface area contributed by atoms with Crippen LogP contribution in [-0.2, 0) is 16.1 Å². The van der Waals surface area contributed by atoms with E-state index in [-0.39, 0.29) is 0 Å².